The lowest BCUT2D eigenvalue weighted by Gasteiger charge is -2.07. The van der Waals surface area contributed by atoms with Crippen LogP contribution in [0.5, 0.6) is 0 Å². The zero-order valence-electron chi connectivity index (χ0n) is 12.0. The highest BCUT2D eigenvalue weighted by Crippen LogP contribution is 2.28. The van der Waals surface area contributed by atoms with Crippen LogP contribution in [0.4, 0.5) is 0 Å². The molecule has 0 radical (unpaired) electrons. The number of sulfonamides is 1. The molecule has 1 N–H and O–H groups in total. The second kappa shape index (κ2) is 7.20. The molecule has 20 heavy (non-hydrogen) atoms. The van der Waals surface area contributed by atoms with Crippen molar-refractivity contribution in [3.8, 4) is 0 Å². The minimum absolute atomic E-state index is 0.327. The summed E-state index contributed by atoms with van der Waals surface area (Å²) in [5, 5.41) is 0. The van der Waals surface area contributed by atoms with E-state index >= 15 is 0 Å². The van der Waals surface area contributed by atoms with E-state index in [0.717, 1.165) is 24.5 Å². The highest BCUT2D eigenvalue weighted by molar-refractivity contribution is 7.89. The first-order chi connectivity index (χ1) is 9.62. The van der Waals surface area contributed by atoms with E-state index in [-0.39, 0.29) is 0 Å². The number of ether oxygens (including phenoxy) is 1. The summed E-state index contributed by atoms with van der Waals surface area (Å²) in [6.07, 6.45) is 4.17. The van der Waals surface area contributed by atoms with Gasteiger partial charge in [-0.15, -0.1) is 0 Å². The number of rotatable bonds is 9. The fourth-order valence-corrected chi connectivity index (χ4v) is 2.98. The van der Waals surface area contributed by atoms with Crippen LogP contribution in [-0.4, -0.2) is 28.2 Å². The van der Waals surface area contributed by atoms with Crippen molar-refractivity contribution in [1.29, 1.82) is 0 Å². The maximum Gasteiger partial charge on any atom is 0.240 e. The highest BCUT2D eigenvalue weighted by atomic mass is 32.2. The van der Waals surface area contributed by atoms with E-state index < -0.39 is 10.0 Å². The van der Waals surface area contributed by atoms with E-state index in [9.17, 15) is 8.42 Å². The maximum atomic E-state index is 12.0. The molecular weight excluding hydrogens is 274 g/mol. The molecule has 1 fully saturated rings. The van der Waals surface area contributed by atoms with Gasteiger partial charge in [-0.3, -0.25) is 0 Å². The largest absolute Gasteiger partial charge is 0.381 e. The van der Waals surface area contributed by atoms with Crippen molar-refractivity contribution in [2.45, 2.75) is 37.5 Å². The molecule has 1 aliphatic rings. The lowest BCUT2D eigenvalue weighted by Crippen LogP contribution is -2.25. The SMILES string of the molecule is CCc1ccc(S(=O)(=O)NCCCOCC2CC2)cc1. The fourth-order valence-electron chi connectivity index (χ4n) is 1.90. The Balaban J connectivity index is 1.71. The summed E-state index contributed by atoms with van der Waals surface area (Å²) in [6, 6.07) is 7.02. The Bertz CT molecular complexity index is 506. The van der Waals surface area contributed by atoms with Gasteiger partial charge in [0, 0.05) is 19.8 Å². The third kappa shape index (κ3) is 4.89. The molecule has 0 aliphatic heterocycles. The van der Waals surface area contributed by atoms with Crippen LogP contribution in [0.25, 0.3) is 0 Å². The van der Waals surface area contributed by atoms with Crippen LogP contribution in [0.3, 0.4) is 0 Å². The second-order valence-corrected chi connectivity index (χ2v) is 7.03. The smallest absolute Gasteiger partial charge is 0.240 e. The van der Waals surface area contributed by atoms with Crippen molar-refractivity contribution < 1.29 is 13.2 Å². The molecule has 0 spiro atoms. The van der Waals surface area contributed by atoms with E-state index in [4.69, 9.17) is 4.74 Å². The zero-order chi connectivity index (χ0) is 14.4. The normalized spacial score (nSPS) is 15.4. The molecule has 2 rings (SSSR count). The van der Waals surface area contributed by atoms with Gasteiger partial charge in [0.25, 0.3) is 0 Å². The van der Waals surface area contributed by atoms with Gasteiger partial charge in [-0.2, -0.15) is 0 Å². The van der Waals surface area contributed by atoms with E-state index in [1.807, 2.05) is 19.1 Å². The maximum absolute atomic E-state index is 12.0. The monoisotopic (exact) mass is 297 g/mol. The van der Waals surface area contributed by atoms with Crippen molar-refractivity contribution in [2.24, 2.45) is 5.92 Å². The van der Waals surface area contributed by atoms with Crippen molar-refractivity contribution in [1.82, 2.24) is 4.72 Å². The van der Waals surface area contributed by atoms with Gasteiger partial charge in [-0.1, -0.05) is 19.1 Å². The topological polar surface area (TPSA) is 55.4 Å². The summed E-state index contributed by atoms with van der Waals surface area (Å²) in [4.78, 5) is 0.327. The Labute approximate surface area is 121 Å². The molecule has 112 valence electrons. The van der Waals surface area contributed by atoms with Crippen LogP contribution in [-0.2, 0) is 21.2 Å². The minimum Gasteiger partial charge on any atom is -0.381 e. The standard InChI is InChI=1S/C15H23NO3S/c1-2-13-6-8-15(9-7-13)20(17,18)16-10-3-11-19-12-14-4-5-14/h6-9,14,16H,2-5,10-12H2,1H3. The van der Waals surface area contributed by atoms with Crippen LogP contribution in [0, 0.1) is 5.92 Å². The van der Waals surface area contributed by atoms with Crippen LogP contribution in [0.15, 0.2) is 29.2 Å². The van der Waals surface area contributed by atoms with E-state index in [1.54, 1.807) is 12.1 Å². The molecule has 1 aromatic carbocycles. The van der Waals surface area contributed by atoms with E-state index in [1.165, 1.54) is 12.8 Å². The van der Waals surface area contributed by atoms with Crippen LogP contribution in [0.2, 0.25) is 0 Å². The molecular formula is C15H23NO3S. The molecule has 0 bridgehead atoms. The Morgan fingerprint density at radius 2 is 1.95 bits per heavy atom. The summed E-state index contributed by atoms with van der Waals surface area (Å²) >= 11 is 0. The Kier molecular flexibility index (Phi) is 5.57. The third-order valence-corrected chi connectivity index (χ3v) is 4.93. The fraction of sp³-hybridized carbons (Fsp3) is 0.600. The number of hydrogen-bond acceptors (Lipinski definition) is 3. The first kappa shape index (κ1) is 15.5. The van der Waals surface area contributed by atoms with Crippen molar-refractivity contribution in [3.05, 3.63) is 29.8 Å². The first-order valence-corrected chi connectivity index (χ1v) is 8.76. The summed E-state index contributed by atoms with van der Waals surface area (Å²) < 4.78 is 32.1. The predicted molar refractivity (Wildman–Crippen MR) is 79.2 cm³/mol. The Hall–Kier alpha value is -0.910. The average molecular weight is 297 g/mol. The Morgan fingerprint density at radius 3 is 2.55 bits per heavy atom. The minimum atomic E-state index is -3.38. The van der Waals surface area contributed by atoms with E-state index in [2.05, 4.69) is 4.72 Å². The van der Waals surface area contributed by atoms with Crippen molar-refractivity contribution >= 4 is 10.0 Å². The summed E-state index contributed by atoms with van der Waals surface area (Å²) in [7, 11) is -3.38. The Morgan fingerprint density at radius 1 is 1.25 bits per heavy atom. The van der Waals surface area contributed by atoms with Gasteiger partial charge in [-0.05, 0) is 49.3 Å². The number of aryl methyl sites for hydroxylation is 1. The second-order valence-electron chi connectivity index (χ2n) is 5.27. The molecule has 0 aromatic heterocycles. The molecule has 5 heteroatoms. The van der Waals surface area contributed by atoms with Gasteiger partial charge in [0.05, 0.1) is 4.90 Å². The van der Waals surface area contributed by atoms with Crippen LogP contribution < -0.4 is 4.72 Å². The van der Waals surface area contributed by atoms with Gasteiger partial charge < -0.3 is 4.74 Å². The quantitative estimate of drug-likeness (QED) is 0.712. The number of hydrogen-bond donors (Lipinski definition) is 1. The average Bonchev–Trinajstić information content (AvgIpc) is 3.27. The predicted octanol–water partition coefficient (Wildman–Crippen LogP) is 2.34. The summed E-state index contributed by atoms with van der Waals surface area (Å²) in [5.74, 6) is 0.753. The zero-order valence-corrected chi connectivity index (χ0v) is 12.8. The lowest BCUT2D eigenvalue weighted by atomic mass is 10.2. The van der Waals surface area contributed by atoms with Gasteiger partial charge >= 0.3 is 0 Å². The molecule has 1 aliphatic carbocycles. The highest BCUT2D eigenvalue weighted by Gasteiger charge is 2.20. The molecule has 0 unspecified atom stereocenters. The van der Waals surface area contributed by atoms with Crippen molar-refractivity contribution in [3.63, 3.8) is 0 Å². The molecule has 0 amide bonds. The van der Waals surface area contributed by atoms with Crippen LogP contribution in [0.1, 0.15) is 31.7 Å². The van der Waals surface area contributed by atoms with E-state index in [0.29, 0.717) is 24.5 Å². The molecule has 1 aromatic rings. The molecule has 0 atom stereocenters. The summed E-state index contributed by atoms with van der Waals surface area (Å²) in [6.45, 7) is 3.91. The van der Waals surface area contributed by atoms with Gasteiger partial charge in [-0.25, -0.2) is 13.1 Å². The van der Waals surface area contributed by atoms with Gasteiger partial charge in [0.15, 0.2) is 0 Å². The molecule has 1 saturated carbocycles. The summed E-state index contributed by atoms with van der Waals surface area (Å²) in [5.41, 5.74) is 1.14. The third-order valence-electron chi connectivity index (χ3n) is 3.45. The van der Waals surface area contributed by atoms with Gasteiger partial charge in [0.1, 0.15) is 0 Å². The molecule has 0 saturated heterocycles. The lowest BCUT2D eigenvalue weighted by molar-refractivity contribution is 0.123. The number of nitrogens with one attached hydrogen (secondary N) is 1. The van der Waals surface area contributed by atoms with Gasteiger partial charge in [0.2, 0.25) is 10.0 Å². The van der Waals surface area contributed by atoms with Crippen LogP contribution >= 0.6 is 0 Å². The first-order valence-electron chi connectivity index (χ1n) is 7.28. The number of benzene rings is 1. The molecule has 4 nitrogen and oxygen atoms in total. The van der Waals surface area contributed by atoms with Crippen molar-refractivity contribution in [2.75, 3.05) is 19.8 Å². The molecule has 0 heterocycles.